The van der Waals surface area contributed by atoms with Gasteiger partial charge in [0, 0.05) is 39.7 Å². The number of aromatic hydroxyl groups is 1. The number of phenolic OH excluding ortho intramolecular Hbond substituents is 1. The van der Waals surface area contributed by atoms with E-state index in [4.69, 9.17) is 14.4 Å². The predicted octanol–water partition coefficient (Wildman–Crippen LogP) is 12.4. The maximum absolute atomic E-state index is 11.2. The summed E-state index contributed by atoms with van der Waals surface area (Å²) in [4.78, 5) is 10.3. The van der Waals surface area contributed by atoms with Gasteiger partial charge < -0.3 is 9.52 Å². The summed E-state index contributed by atoms with van der Waals surface area (Å²) < 4.78 is 8.46. The van der Waals surface area contributed by atoms with Crippen LogP contribution in [-0.4, -0.2) is 19.6 Å². The van der Waals surface area contributed by atoms with Gasteiger partial charge in [-0.1, -0.05) is 121 Å². The van der Waals surface area contributed by atoms with Gasteiger partial charge in [0.15, 0.2) is 0 Å². The van der Waals surface area contributed by atoms with Gasteiger partial charge in [-0.25, -0.2) is 4.98 Å². The fourth-order valence-corrected chi connectivity index (χ4v) is 7.46. The molecule has 1 N–H and O–H groups in total. The zero-order valence-corrected chi connectivity index (χ0v) is 28.5. The van der Waals surface area contributed by atoms with Gasteiger partial charge in [-0.3, -0.25) is 9.55 Å². The van der Waals surface area contributed by atoms with E-state index in [-0.39, 0.29) is 5.75 Å². The minimum atomic E-state index is 0.170. The smallest absolute Gasteiger partial charge is 0.149 e. The molecule has 0 aliphatic carbocycles. The molecule has 0 fully saturated rings. The SMILES string of the molecule is Oc1ccccc1-c1nc2c(-c3cc(-c4ccccc4)cc(-c4cc5oc6ccccc6c5cn4)c3)cccc2n1-c1ccccc1-c1ccccc1. The van der Waals surface area contributed by atoms with Crippen molar-refractivity contribution < 1.29 is 9.52 Å². The van der Waals surface area contributed by atoms with Gasteiger partial charge in [0.05, 0.1) is 28.0 Å². The van der Waals surface area contributed by atoms with Crippen molar-refractivity contribution in [2.75, 3.05) is 0 Å². The highest BCUT2D eigenvalue weighted by molar-refractivity contribution is 6.05. The number of pyridine rings is 1. The minimum absolute atomic E-state index is 0.170. The topological polar surface area (TPSA) is 64.1 Å². The lowest BCUT2D eigenvalue weighted by Crippen LogP contribution is -2.00. The fraction of sp³-hybridized carbons (Fsp3) is 0. The molecular formula is C48H31N3O2. The monoisotopic (exact) mass is 681 g/mol. The number of phenols is 1. The fourth-order valence-electron chi connectivity index (χ4n) is 7.46. The molecule has 53 heavy (non-hydrogen) atoms. The standard InChI is InChI=1S/C48H31N3O2/c52-44-24-11-8-20-39(44)48-50-47-37(21-13-23-43(47)51(48)42-22-10-7-18-36(42)32-16-5-2-6-17-32)34-26-33(31-14-3-1-4-15-31)27-35(28-34)41-29-46-40(30-49-41)38-19-9-12-25-45(38)53-46/h1-30,52H. The first-order valence-corrected chi connectivity index (χ1v) is 17.6. The van der Waals surface area contributed by atoms with E-state index in [0.717, 1.165) is 83.3 Å². The summed E-state index contributed by atoms with van der Waals surface area (Å²) in [5, 5.41) is 13.3. The number of nitrogens with zero attached hydrogens (tertiary/aromatic N) is 3. The largest absolute Gasteiger partial charge is 0.507 e. The maximum atomic E-state index is 11.2. The number of imidazole rings is 1. The molecule has 0 aliphatic rings. The number of hydrogen-bond donors (Lipinski definition) is 1. The van der Waals surface area contributed by atoms with Crippen LogP contribution >= 0.6 is 0 Å². The van der Waals surface area contributed by atoms with E-state index in [1.165, 1.54) is 0 Å². The first-order chi connectivity index (χ1) is 26.2. The minimum Gasteiger partial charge on any atom is -0.507 e. The van der Waals surface area contributed by atoms with E-state index in [1.807, 2.05) is 66.9 Å². The van der Waals surface area contributed by atoms with Crippen molar-refractivity contribution in [1.29, 1.82) is 0 Å². The Morgan fingerprint density at radius 2 is 1.13 bits per heavy atom. The maximum Gasteiger partial charge on any atom is 0.149 e. The lowest BCUT2D eigenvalue weighted by atomic mass is 9.94. The first-order valence-electron chi connectivity index (χ1n) is 17.6. The van der Waals surface area contributed by atoms with Gasteiger partial charge in [0.25, 0.3) is 0 Å². The average Bonchev–Trinajstić information content (AvgIpc) is 3.80. The molecule has 0 saturated heterocycles. The summed E-state index contributed by atoms with van der Waals surface area (Å²) in [6, 6.07) is 59.6. The van der Waals surface area contributed by atoms with Crippen molar-refractivity contribution in [3.05, 3.63) is 182 Å². The Morgan fingerprint density at radius 1 is 0.472 bits per heavy atom. The number of furan rings is 1. The molecule has 0 aliphatic heterocycles. The molecule has 10 aromatic rings. The van der Waals surface area contributed by atoms with Crippen LogP contribution in [0, 0.1) is 0 Å². The second kappa shape index (κ2) is 12.5. The lowest BCUT2D eigenvalue weighted by molar-refractivity contribution is 0.477. The molecule has 7 aromatic carbocycles. The summed E-state index contributed by atoms with van der Waals surface area (Å²) in [6.07, 6.45) is 1.91. The zero-order chi connectivity index (χ0) is 35.3. The van der Waals surface area contributed by atoms with Crippen molar-refractivity contribution in [2.45, 2.75) is 0 Å². The Balaban J connectivity index is 1.23. The van der Waals surface area contributed by atoms with Crippen LogP contribution in [0.2, 0.25) is 0 Å². The van der Waals surface area contributed by atoms with Crippen LogP contribution < -0.4 is 0 Å². The molecule has 0 spiro atoms. The van der Waals surface area contributed by atoms with E-state index in [0.29, 0.717) is 11.4 Å². The van der Waals surface area contributed by atoms with Crippen LogP contribution in [0.4, 0.5) is 0 Å². The predicted molar refractivity (Wildman–Crippen MR) is 215 cm³/mol. The number of para-hydroxylation sites is 4. The van der Waals surface area contributed by atoms with E-state index in [2.05, 4.69) is 114 Å². The third-order valence-corrected chi connectivity index (χ3v) is 9.97. The number of benzene rings is 7. The van der Waals surface area contributed by atoms with Crippen LogP contribution in [0.15, 0.2) is 187 Å². The highest BCUT2D eigenvalue weighted by Gasteiger charge is 2.22. The number of aromatic nitrogens is 3. The Hall–Kier alpha value is -7.24. The lowest BCUT2D eigenvalue weighted by Gasteiger charge is -2.15. The molecule has 250 valence electrons. The molecule has 0 saturated carbocycles. The second-order valence-corrected chi connectivity index (χ2v) is 13.2. The van der Waals surface area contributed by atoms with E-state index >= 15 is 0 Å². The molecule has 5 heteroatoms. The second-order valence-electron chi connectivity index (χ2n) is 13.2. The van der Waals surface area contributed by atoms with E-state index < -0.39 is 0 Å². The zero-order valence-electron chi connectivity index (χ0n) is 28.5. The van der Waals surface area contributed by atoms with E-state index in [1.54, 1.807) is 6.07 Å². The van der Waals surface area contributed by atoms with Crippen molar-refractivity contribution in [3.8, 4) is 67.5 Å². The molecule has 3 aromatic heterocycles. The van der Waals surface area contributed by atoms with E-state index in [9.17, 15) is 5.11 Å². The Labute approximate surface area is 305 Å². The van der Waals surface area contributed by atoms with Crippen LogP contribution in [0.3, 0.4) is 0 Å². The van der Waals surface area contributed by atoms with Gasteiger partial charge in [-0.05, 0) is 70.8 Å². The summed E-state index contributed by atoms with van der Waals surface area (Å²) in [6.45, 7) is 0. The molecule has 5 nitrogen and oxygen atoms in total. The summed E-state index contributed by atoms with van der Waals surface area (Å²) in [7, 11) is 0. The average molecular weight is 682 g/mol. The molecular weight excluding hydrogens is 651 g/mol. The summed E-state index contributed by atoms with van der Waals surface area (Å²) in [5.41, 5.74) is 13.1. The molecule has 10 rings (SSSR count). The summed E-state index contributed by atoms with van der Waals surface area (Å²) >= 11 is 0. The quantitative estimate of drug-likeness (QED) is 0.190. The number of hydrogen-bond acceptors (Lipinski definition) is 4. The Kier molecular flexibility index (Phi) is 7.22. The first kappa shape index (κ1) is 30.6. The molecule has 0 amide bonds. The van der Waals surface area contributed by atoms with Crippen molar-refractivity contribution in [3.63, 3.8) is 0 Å². The number of rotatable bonds is 6. The van der Waals surface area contributed by atoms with Gasteiger partial charge in [0.2, 0.25) is 0 Å². The highest BCUT2D eigenvalue weighted by Crippen LogP contribution is 2.41. The molecule has 0 atom stereocenters. The third kappa shape index (κ3) is 5.26. The van der Waals surface area contributed by atoms with Gasteiger partial charge in [0.1, 0.15) is 22.7 Å². The molecule has 0 bridgehead atoms. The highest BCUT2D eigenvalue weighted by atomic mass is 16.3. The van der Waals surface area contributed by atoms with Crippen LogP contribution in [0.1, 0.15) is 0 Å². The van der Waals surface area contributed by atoms with Gasteiger partial charge in [-0.15, -0.1) is 0 Å². The Bertz CT molecular complexity index is 2960. The molecule has 3 heterocycles. The Morgan fingerprint density at radius 3 is 1.96 bits per heavy atom. The van der Waals surface area contributed by atoms with Gasteiger partial charge >= 0.3 is 0 Å². The molecule has 0 radical (unpaired) electrons. The summed E-state index contributed by atoms with van der Waals surface area (Å²) in [5.74, 6) is 0.827. The van der Waals surface area contributed by atoms with Crippen LogP contribution in [-0.2, 0) is 0 Å². The van der Waals surface area contributed by atoms with Crippen molar-refractivity contribution >= 4 is 33.0 Å². The van der Waals surface area contributed by atoms with Crippen LogP contribution in [0.5, 0.6) is 5.75 Å². The number of fused-ring (bicyclic) bond motifs is 4. The molecule has 0 unspecified atom stereocenters. The van der Waals surface area contributed by atoms with Gasteiger partial charge in [-0.2, -0.15) is 0 Å². The third-order valence-electron chi connectivity index (χ3n) is 9.97. The van der Waals surface area contributed by atoms with Crippen LogP contribution in [0.25, 0.3) is 94.7 Å². The van der Waals surface area contributed by atoms with Crippen molar-refractivity contribution in [2.24, 2.45) is 0 Å². The van der Waals surface area contributed by atoms with Crippen molar-refractivity contribution in [1.82, 2.24) is 14.5 Å². The normalized spacial score (nSPS) is 11.5.